The smallest absolute Gasteiger partial charge is 0.173 e. The van der Waals surface area contributed by atoms with E-state index in [0.717, 1.165) is 10.0 Å². The van der Waals surface area contributed by atoms with Gasteiger partial charge in [0.25, 0.3) is 0 Å². The molecule has 0 aliphatic rings. The fourth-order valence-electron chi connectivity index (χ4n) is 1.37. The predicted octanol–water partition coefficient (Wildman–Crippen LogP) is 2.70. The van der Waals surface area contributed by atoms with Gasteiger partial charge in [-0.15, -0.1) is 12.4 Å². The normalized spacial score (nSPS) is 11.8. The number of hydrogen-bond donors (Lipinski definition) is 3. The van der Waals surface area contributed by atoms with Gasteiger partial charge in [-0.3, -0.25) is 0 Å². The molecule has 0 amide bonds. The van der Waals surface area contributed by atoms with Crippen LogP contribution in [0.3, 0.4) is 0 Å². The molecule has 0 aliphatic heterocycles. The van der Waals surface area contributed by atoms with Crippen LogP contribution >= 0.6 is 44.3 Å². The van der Waals surface area contributed by atoms with Crippen molar-refractivity contribution < 1.29 is 9.84 Å². The summed E-state index contributed by atoms with van der Waals surface area (Å²) in [6.07, 6.45) is 0.666. The Labute approximate surface area is 123 Å². The van der Waals surface area contributed by atoms with Gasteiger partial charge in [-0.2, -0.15) is 0 Å². The number of halogens is 3. The van der Waals surface area contributed by atoms with Crippen LogP contribution < -0.4 is 16.2 Å². The molecule has 1 atom stereocenters. The number of benzene rings is 1. The van der Waals surface area contributed by atoms with Crippen LogP contribution in [0.4, 0.5) is 0 Å². The molecule has 0 saturated heterocycles. The van der Waals surface area contributed by atoms with Crippen molar-refractivity contribution in [2.24, 2.45) is 11.5 Å². The van der Waals surface area contributed by atoms with Crippen molar-refractivity contribution in [2.75, 3.05) is 13.7 Å². The van der Waals surface area contributed by atoms with Gasteiger partial charge in [0.2, 0.25) is 0 Å². The molecule has 1 aromatic carbocycles. The molecule has 0 fully saturated rings. The van der Waals surface area contributed by atoms with Crippen LogP contribution in [0.1, 0.15) is 18.0 Å². The summed E-state index contributed by atoms with van der Waals surface area (Å²) in [7, 11) is 1.49. The minimum absolute atomic E-state index is 0. The highest BCUT2D eigenvalue weighted by atomic mass is 79.9. The van der Waals surface area contributed by atoms with Crippen LogP contribution in [0.25, 0.3) is 0 Å². The van der Waals surface area contributed by atoms with Crippen LogP contribution in [0, 0.1) is 0 Å². The van der Waals surface area contributed by atoms with E-state index >= 15 is 0 Å². The molecule has 1 rings (SSSR count). The minimum atomic E-state index is -0.190. The third-order valence-electron chi connectivity index (χ3n) is 2.27. The summed E-state index contributed by atoms with van der Waals surface area (Å²) < 4.78 is 6.33. The van der Waals surface area contributed by atoms with Crippen molar-refractivity contribution in [1.82, 2.24) is 0 Å². The zero-order chi connectivity index (χ0) is 12.3. The Kier molecular flexibility index (Phi) is 7.43. The van der Waals surface area contributed by atoms with E-state index in [1.165, 1.54) is 7.11 Å². The number of nitrogens with two attached hydrogens (primary N) is 2. The van der Waals surface area contributed by atoms with Crippen LogP contribution in [0.5, 0.6) is 11.5 Å². The van der Waals surface area contributed by atoms with Gasteiger partial charge in [-0.05, 0) is 56.5 Å². The Morgan fingerprint density at radius 3 is 2.47 bits per heavy atom. The Balaban J connectivity index is 0.00000256. The molecule has 1 aromatic rings. The van der Waals surface area contributed by atoms with Crippen molar-refractivity contribution in [2.45, 2.75) is 12.5 Å². The van der Waals surface area contributed by atoms with E-state index in [1.807, 2.05) is 0 Å². The molecular weight excluding hydrogens is 375 g/mol. The summed E-state index contributed by atoms with van der Waals surface area (Å²) in [6, 6.07) is 1.52. The molecule has 0 unspecified atom stereocenters. The molecule has 7 heteroatoms. The fourth-order valence-corrected chi connectivity index (χ4v) is 2.39. The number of phenolic OH excluding ortho intramolecular Hbond substituents is 1. The summed E-state index contributed by atoms with van der Waals surface area (Å²) >= 11 is 6.66. The highest BCUT2D eigenvalue weighted by Crippen LogP contribution is 2.43. The number of rotatable bonds is 4. The summed E-state index contributed by atoms with van der Waals surface area (Å²) in [5, 5.41) is 9.75. The van der Waals surface area contributed by atoms with Crippen molar-refractivity contribution in [3.05, 3.63) is 20.6 Å². The number of phenols is 1. The molecule has 98 valence electrons. The Morgan fingerprint density at radius 2 is 2.00 bits per heavy atom. The first-order valence-corrected chi connectivity index (χ1v) is 6.32. The molecule has 0 spiro atoms. The first-order valence-electron chi connectivity index (χ1n) is 4.73. The van der Waals surface area contributed by atoms with Gasteiger partial charge in [0, 0.05) is 10.5 Å². The molecule has 0 radical (unpaired) electrons. The largest absolute Gasteiger partial charge is 0.503 e. The van der Waals surface area contributed by atoms with Crippen molar-refractivity contribution >= 4 is 44.3 Å². The first kappa shape index (κ1) is 17.0. The Hall–Kier alpha value is -0.0100. The quantitative estimate of drug-likeness (QED) is 0.738. The monoisotopic (exact) mass is 388 g/mol. The topological polar surface area (TPSA) is 81.5 Å². The van der Waals surface area contributed by atoms with Crippen LogP contribution in [0.15, 0.2) is 15.0 Å². The van der Waals surface area contributed by atoms with Gasteiger partial charge < -0.3 is 21.3 Å². The lowest BCUT2D eigenvalue weighted by Crippen LogP contribution is -2.16. The maximum atomic E-state index is 9.75. The van der Waals surface area contributed by atoms with Gasteiger partial charge in [-0.1, -0.05) is 0 Å². The molecule has 17 heavy (non-hydrogen) atoms. The average molecular weight is 391 g/mol. The second-order valence-corrected chi connectivity index (χ2v) is 4.91. The number of aromatic hydroxyl groups is 1. The Bertz CT molecular complexity index is 391. The van der Waals surface area contributed by atoms with Crippen LogP contribution in [-0.4, -0.2) is 18.8 Å². The first-order chi connectivity index (χ1) is 7.52. The van der Waals surface area contributed by atoms with E-state index in [4.69, 9.17) is 16.2 Å². The standard InChI is InChI=1S/C10H14Br2N2O2.ClH/c1-16-7-4-5(6(14)2-3-13)8(11)9(12)10(7)15;/h4,6,15H,2-3,13-14H2,1H3;1H/t6-;/m1./s1. The summed E-state index contributed by atoms with van der Waals surface area (Å²) in [6.45, 7) is 0.508. The maximum absolute atomic E-state index is 9.75. The zero-order valence-electron chi connectivity index (χ0n) is 9.24. The number of methoxy groups -OCH3 is 1. The third-order valence-corrected chi connectivity index (χ3v) is 4.43. The van der Waals surface area contributed by atoms with Gasteiger partial charge in [0.1, 0.15) is 0 Å². The fraction of sp³-hybridized carbons (Fsp3) is 0.400. The molecule has 0 aromatic heterocycles. The number of hydrogen-bond acceptors (Lipinski definition) is 4. The third kappa shape index (κ3) is 3.72. The van der Waals surface area contributed by atoms with Gasteiger partial charge >= 0.3 is 0 Å². The lowest BCUT2D eigenvalue weighted by molar-refractivity contribution is 0.370. The van der Waals surface area contributed by atoms with E-state index in [-0.39, 0.29) is 24.2 Å². The van der Waals surface area contributed by atoms with E-state index in [1.54, 1.807) is 6.07 Å². The summed E-state index contributed by atoms with van der Waals surface area (Å²) in [5.41, 5.74) is 12.3. The molecule has 5 N–H and O–H groups in total. The van der Waals surface area contributed by atoms with E-state index in [2.05, 4.69) is 31.9 Å². The predicted molar refractivity (Wildman–Crippen MR) is 77.9 cm³/mol. The summed E-state index contributed by atoms with van der Waals surface area (Å²) in [4.78, 5) is 0. The summed E-state index contributed by atoms with van der Waals surface area (Å²) in [5.74, 6) is 0.440. The molecule has 0 bridgehead atoms. The van der Waals surface area contributed by atoms with Gasteiger partial charge in [0.05, 0.1) is 11.6 Å². The second kappa shape index (κ2) is 7.43. The van der Waals surface area contributed by atoms with E-state index < -0.39 is 0 Å². The lowest BCUT2D eigenvalue weighted by atomic mass is 10.0. The van der Waals surface area contributed by atoms with Crippen molar-refractivity contribution in [1.29, 1.82) is 0 Å². The van der Waals surface area contributed by atoms with Crippen molar-refractivity contribution in [3.63, 3.8) is 0 Å². The molecule has 0 aliphatic carbocycles. The Morgan fingerprint density at radius 1 is 1.41 bits per heavy atom. The van der Waals surface area contributed by atoms with E-state index in [9.17, 15) is 5.11 Å². The molecule has 4 nitrogen and oxygen atoms in total. The van der Waals surface area contributed by atoms with Crippen LogP contribution in [0.2, 0.25) is 0 Å². The highest BCUT2D eigenvalue weighted by Gasteiger charge is 2.18. The van der Waals surface area contributed by atoms with Gasteiger partial charge in [-0.25, -0.2) is 0 Å². The van der Waals surface area contributed by atoms with Crippen molar-refractivity contribution in [3.8, 4) is 11.5 Å². The van der Waals surface area contributed by atoms with E-state index in [0.29, 0.717) is 23.2 Å². The second-order valence-electron chi connectivity index (χ2n) is 3.33. The molecule has 0 saturated carbocycles. The SMILES string of the molecule is COc1cc([C@H](N)CCN)c(Br)c(Br)c1O.Cl. The lowest BCUT2D eigenvalue weighted by Gasteiger charge is -2.16. The van der Waals surface area contributed by atoms with Crippen LogP contribution in [-0.2, 0) is 0 Å². The zero-order valence-corrected chi connectivity index (χ0v) is 13.2. The maximum Gasteiger partial charge on any atom is 0.173 e. The number of ether oxygens (including phenoxy) is 1. The molecular formula is C10H15Br2ClN2O2. The minimum Gasteiger partial charge on any atom is -0.503 e. The van der Waals surface area contributed by atoms with Gasteiger partial charge in [0.15, 0.2) is 11.5 Å². The highest BCUT2D eigenvalue weighted by molar-refractivity contribution is 9.13. The molecule has 0 heterocycles. The average Bonchev–Trinajstić information content (AvgIpc) is 2.27.